The van der Waals surface area contributed by atoms with Crippen molar-refractivity contribution in [1.82, 2.24) is 9.88 Å². The highest BCUT2D eigenvalue weighted by atomic mass is 16.5. The normalized spacial score (nSPS) is 16.5. The van der Waals surface area contributed by atoms with Gasteiger partial charge in [0.2, 0.25) is 0 Å². The van der Waals surface area contributed by atoms with Gasteiger partial charge < -0.3 is 24.5 Å². The average molecular weight is 644 g/mol. The first-order valence-corrected chi connectivity index (χ1v) is 16.8. The third kappa shape index (κ3) is 6.03. The number of carbonyl (C=O) groups excluding carboxylic acids is 1. The van der Waals surface area contributed by atoms with Crippen molar-refractivity contribution in [2.75, 3.05) is 13.7 Å². The molecule has 1 amide bonds. The lowest BCUT2D eigenvalue weighted by atomic mass is 9.81. The number of allylic oxidation sites excluding steroid dienone is 1. The first kappa shape index (κ1) is 31.5. The van der Waals surface area contributed by atoms with Gasteiger partial charge in [0.05, 0.1) is 24.9 Å². The standard InChI is InChI=1S/C40H41N3O5/c1-40(2,35-22-29(24-41-35)26-12-9-25(10-13-26)11-18-36(44)45)42-39(46)28-14-16-31-33(21-28)43-19-20-48-34-23-30(47-3)15-17-32(34)38(43)37(31)27-7-5-4-6-8-27/h9-18,21,23-24,27H,4-8,19-20,22H2,1-3H3,(H,42,46)(H,44,45)/b18-11+. The number of rotatable bonds is 8. The maximum absolute atomic E-state index is 13.9. The first-order valence-electron chi connectivity index (χ1n) is 16.8. The smallest absolute Gasteiger partial charge is 0.328 e. The average Bonchev–Trinajstić information content (AvgIpc) is 3.67. The Morgan fingerprint density at radius 1 is 1.04 bits per heavy atom. The van der Waals surface area contributed by atoms with Gasteiger partial charge in [-0.3, -0.25) is 9.79 Å². The second-order valence-electron chi connectivity index (χ2n) is 13.5. The van der Waals surface area contributed by atoms with E-state index in [9.17, 15) is 9.59 Å². The molecule has 8 nitrogen and oxygen atoms in total. The van der Waals surface area contributed by atoms with E-state index in [0.717, 1.165) is 51.1 Å². The number of hydrogen-bond acceptors (Lipinski definition) is 5. The third-order valence-electron chi connectivity index (χ3n) is 9.98. The van der Waals surface area contributed by atoms with E-state index in [-0.39, 0.29) is 5.91 Å². The molecule has 0 unspecified atom stereocenters. The van der Waals surface area contributed by atoms with Crippen molar-refractivity contribution in [1.29, 1.82) is 0 Å². The van der Waals surface area contributed by atoms with Gasteiger partial charge in [0.25, 0.3) is 5.91 Å². The van der Waals surface area contributed by atoms with Crippen LogP contribution < -0.4 is 14.8 Å². The Morgan fingerprint density at radius 3 is 2.58 bits per heavy atom. The zero-order valence-electron chi connectivity index (χ0n) is 27.7. The molecule has 2 aliphatic heterocycles. The molecule has 7 rings (SSSR count). The zero-order chi connectivity index (χ0) is 33.4. The summed E-state index contributed by atoms with van der Waals surface area (Å²) in [6, 6.07) is 20.0. The summed E-state index contributed by atoms with van der Waals surface area (Å²) in [5, 5.41) is 13.4. The largest absolute Gasteiger partial charge is 0.497 e. The minimum Gasteiger partial charge on any atom is -0.497 e. The molecule has 0 spiro atoms. The minimum absolute atomic E-state index is 0.141. The molecule has 246 valence electrons. The summed E-state index contributed by atoms with van der Waals surface area (Å²) in [6.45, 7) is 5.20. The van der Waals surface area contributed by atoms with E-state index in [1.165, 1.54) is 48.7 Å². The van der Waals surface area contributed by atoms with Crippen LogP contribution >= 0.6 is 0 Å². The molecular formula is C40H41N3O5. The van der Waals surface area contributed by atoms with E-state index in [1.807, 2.05) is 68.6 Å². The summed E-state index contributed by atoms with van der Waals surface area (Å²) in [5.74, 6) is 0.954. The number of methoxy groups -OCH3 is 1. The van der Waals surface area contributed by atoms with Gasteiger partial charge in [-0.2, -0.15) is 0 Å². The van der Waals surface area contributed by atoms with Crippen LogP contribution in [0.3, 0.4) is 0 Å². The summed E-state index contributed by atoms with van der Waals surface area (Å²) in [6.07, 6.45) is 11.2. The fraction of sp³-hybridized carbons (Fsp3) is 0.325. The molecule has 0 radical (unpaired) electrons. The lowest BCUT2D eigenvalue weighted by Crippen LogP contribution is -2.49. The third-order valence-corrected chi connectivity index (χ3v) is 9.98. The van der Waals surface area contributed by atoms with Gasteiger partial charge in [-0.05, 0) is 85.2 Å². The molecule has 0 atom stereocenters. The van der Waals surface area contributed by atoms with Gasteiger partial charge in [-0.1, -0.05) is 49.6 Å². The van der Waals surface area contributed by atoms with Crippen LogP contribution in [-0.2, 0) is 11.3 Å². The summed E-state index contributed by atoms with van der Waals surface area (Å²) < 4.78 is 14.1. The maximum atomic E-state index is 13.9. The van der Waals surface area contributed by atoms with Crippen molar-refractivity contribution in [3.8, 4) is 22.8 Å². The quantitative estimate of drug-likeness (QED) is 0.188. The van der Waals surface area contributed by atoms with Gasteiger partial charge in [-0.15, -0.1) is 0 Å². The molecule has 1 fully saturated rings. The van der Waals surface area contributed by atoms with Crippen molar-refractivity contribution < 1.29 is 24.2 Å². The molecule has 1 saturated carbocycles. The van der Waals surface area contributed by atoms with Crippen LogP contribution in [0.1, 0.15) is 85.3 Å². The van der Waals surface area contributed by atoms with E-state index < -0.39 is 11.5 Å². The summed E-state index contributed by atoms with van der Waals surface area (Å²) in [5.41, 5.74) is 8.41. The fourth-order valence-corrected chi connectivity index (χ4v) is 7.43. The highest BCUT2D eigenvalue weighted by Gasteiger charge is 2.32. The van der Waals surface area contributed by atoms with Crippen molar-refractivity contribution in [2.24, 2.45) is 4.99 Å². The Labute approximate surface area is 280 Å². The molecule has 0 saturated heterocycles. The number of nitrogens with zero attached hydrogens (tertiary/aromatic N) is 2. The lowest BCUT2D eigenvalue weighted by molar-refractivity contribution is -0.131. The predicted molar refractivity (Wildman–Crippen MR) is 190 cm³/mol. The number of fused-ring (bicyclic) bond motifs is 5. The number of carboxylic acids is 1. The van der Waals surface area contributed by atoms with Gasteiger partial charge in [0.1, 0.15) is 18.1 Å². The number of aromatic nitrogens is 1. The molecule has 1 aromatic heterocycles. The van der Waals surface area contributed by atoms with E-state index in [4.69, 9.17) is 19.6 Å². The molecule has 3 aliphatic rings. The van der Waals surface area contributed by atoms with Crippen LogP contribution in [0.15, 0.2) is 77.9 Å². The fourth-order valence-electron chi connectivity index (χ4n) is 7.43. The van der Waals surface area contributed by atoms with Gasteiger partial charge in [0.15, 0.2) is 0 Å². The van der Waals surface area contributed by atoms with Gasteiger partial charge in [-0.25, -0.2) is 4.79 Å². The van der Waals surface area contributed by atoms with Crippen LogP contribution in [0.2, 0.25) is 0 Å². The number of carbonyl (C=O) groups is 2. The minimum atomic E-state index is -0.978. The van der Waals surface area contributed by atoms with E-state index in [2.05, 4.69) is 22.0 Å². The molecule has 48 heavy (non-hydrogen) atoms. The molecule has 8 heteroatoms. The highest BCUT2D eigenvalue weighted by Crippen LogP contribution is 2.47. The number of nitrogens with one attached hydrogen (secondary N) is 1. The molecule has 4 aromatic rings. The van der Waals surface area contributed by atoms with Crippen LogP contribution in [0.5, 0.6) is 11.5 Å². The second-order valence-corrected chi connectivity index (χ2v) is 13.5. The topological polar surface area (TPSA) is 102 Å². The van der Waals surface area contributed by atoms with Gasteiger partial charge >= 0.3 is 5.97 Å². The van der Waals surface area contributed by atoms with Crippen LogP contribution in [0.4, 0.5) is 0 Å². The summed E-state index contributed by atoms with van der Waals surface area (Å²) in [7, 11) is 1.68. The number of ether oxygens (including phenoxy) is 2. The Kier molecular flexibility index (Phi) is 8.42. The van der Waals surface area contributed by atoms with Crippen LogP contribution in [0.25, 0.3) is 33.8 Å². The second kappa shape index (κ2) is 12.8. The summed E-state index contributed by atoms with van der Waals surface area (Å²) >= 11 is 0. The van der Waals surface area contributed by atoms with E-state index in [0.29, 0.717) is 31.1 Å². The van der Waals surface area contributed by atoms with E-state index in [1.54, 1.807) is 13.2 Å². The number of aliphatic carboxylic acids is 1. The van der Waals surface area contributed by atoms with Crippen LogP contribution in [0, 0.1) is 0 Å². The number of hydrogen-bond donors (Lipinski definition) is 2. The van der Waals surface area contributed by atoms with Crippen molar-refractivity contribution >= 4 is 40.1 Å². The highest BCUT2D eigenvalue weighted by molar-refractivity contribution is 6.08. The monoisotopic (exact) mass is 643 g/mol. The Balaban J connectivity index is 1.15. The van der Waals surface area contributed by atoms with Crippen molar-refractivity contribution in [2.45, 2.75) is 70.4 Å². The number of carboxylic acid groups (broad SMARTS) is 1. The molecule has 1 aliphatic carbocycles. The van der Waals surface area contributed by atoms with Gasteiger partial charge in [0, 0.05) is 52.5 Å². The molecule has 3 heterocycles. The summed E-state index contributed by atoms with van der Waals surface area (Å²) in [4.78, 5) is 29.5. The van der Waals surface area contributed by atoms with Crippen LogP contribution in [-0.4, -0.2) is 46.5 Å². The van der Waals surface area contributed by atoms with E-state index >= 15 is 0 Å². The molecule has 2 N–H and O–H groups in total. The van der Waals surface area contributed by atoms with Crippen molar-refractivity contribution in [3.05, 3.63) is 95.2 Å². The number of aliphatic imine (C=N–C) groups is 1. The lowest BCUT2D eigenvalue weighted by Gasteiger charge is -2.27. The number of amides is 1. The zero-order valence-corrected chi connectivity index (χ0v) is 27.7. The first-order chi connectivity index (χ1) is 23.2. The Hall–Kier alpha value is -5.11. The molecule has 3 aromatic carbocycles. The SMILES string of the molecule is COc1ccc2c(c1)OCCn1c-2c(C2CCCCC2)c2ccc(C(=O)NC(C)(C)C3=NC=C(c4ccc(/C=C/C(=O)O)cc4)C3)cc21. The Bertz CT molecular complexity index is 1990. The van der Waals surface area contributed by atoms with Crippen molar-refractivity contribution in [3.63, 3.8) is 0 Å². The predicted octanol–water partition coefficient (Wildman–Crippen LogP) is 8.25. The number of benzene rings is 3. The Morgan fingerprint density at radius 2 is 1.83 bits per heavy atom. The maximum Gasteiger partial charge on any atom is 0.328 e. The molecular weight excluding hydrogens is 602 g/mol. The molecule has 0 bridgehead atoms.